The van der Waals surface area contributed by atoms with E-state index in [2.05, 4.69) is 13.8 Å². The van der Waals surface area contributed by atoms with Crippen molar-refractivity contribution in [2.45, 2.75) is 45.6 Å². The molecule has 3 fully saturated rings. The number of carbonyl (C=O) groups excluding carboxylic acids is 1. The van der Waals surface area contributed by atoms with E-state index in [1.807, 2.05) is 0 Å². The van der Waals surface area contributed by atoms with Crippen LogP contribution in [0.25, 0.3) is 0 Å². The van der Waals surface area contributed by atoms with Crippen LogP contribution in [0.5, 0.6) is 0 Å². The van der Waals surface area contributed by atoms with Crippen LogP contribution in [0.3, 0.4) is 0 Å². The molecule has 1 aliphatic heterocycles. The van der Waals surface area contributed by atoms with Gasteiger partial charge in [0.2, 0.25) is 0 Å². The van der Waals surface area contributed by atoms with Gasteiger partial charge in [0.25, 0.3) is 0 Å². The number of hydrogen-bond donors (Lipinski definition) is 1. The third kappa shape index (κ3) is 1.10. The minimum absolute atomic E-state index is 0.0208. The molecule has 2 saturated carbocycles. The monoisotopic (exact) mass is 224 g/mol. The first-order valence-electron chi connectivity index (χ1n) is 6.32. The number of fused-ring (bicyclic) bond motifs is 3. The van der Waals surface area contributed by atoms with Crippen LogP contribution < -0.4 is 0 Å². The van der Waals surface area contributed by atoms with Gasteiger partial charge >= 0.3 is 5.97 Å². The molecule has 1 saturated heterocycles. The first-order valence-corrected chi connectivity index (χ1v) is 6.32. The summed E-state index contributed by atoms with van der Waals surface area (Å²) in [6, 6.07) is 0. The van der Waals surface area contributed by atoms with Gasteiger partial charge in [0.05, 0.1) is 18.6 Å². The average molecular weight is 224 g/mol. The zero-order valence-corrected chi connectivity index (χ0v) is 10.0. The molecule has 0 spiro atoms. The van der Waals surface area contributed by atoms with Crippen molar-refractivity contribution in [2.75, 3.05) is 6.61 Å². The summed E-state index contributed by atoms with van der Waals surface area (Å²) in [7, 11) is 0. The summed E-state index contributed by atoms with van der Waals surface area (Å²) in [5, 5.41) is 10.4. The fourth-order valence-corrected chi connectivity index (χ4v) is 4.39. The highest BCUT2D eigenvalue weighted by atomic mass is 16.5. The molecule has 3 rings (SSSR count). The fraction of sp³-hybridized carbons (Fsp3) is 0.923. The fourth-order valence-electron chi connectivity index (χ4n) is 4.39. The zero-order valence-electron chi connectivity index (χ0n) is 10.0. The molecule has 0 bridgehead atoms. The van der Waals surface area contributed by atoms with Crippen molar-refractivity contribution >= 4 is 5.97 Å². The van der Waals surface area contributed by atoms with Crippen molar-refractivity contribution in [3.63, 3.8) is 0 Å². The Hall–Kier alpha value is -0.570. The smallest absolute Gasteiger partial charge is 0.309 e. The van der Waals surface area contributed by atoms with Gasteiger partial charge in [0.15, 0.2) is 0 Å². The SMILES string of the molecule is C[C@]12COC(=O)[C@@H]1[C@@H]1CCC[C@]1(C)[C@@H](O)C2. The molecule has 0 aromatic heterocycles. The van der Waals surface area contributed by atoms with Crippen LogP contribution in [0.1, 0.15) is 39.5 Å². The Morgan fingerprint density at radius 2 is 2.19 bits per heavy atom. The zero-order chi connectivity index (χ0) is 11.6. The maximum absolute atomic E-state index is 11.9. The molecule has 3 aliphatic rings. The summed E-state index contributed by atoms with van der Waals surface area (Å²) >= 11 is 0. The maximum Gasteiger partial charge on any atom is 0.309 e. The van der Waals surface area contributed by atoms with Gasteiger partial charge in [0.1, 0.15) is 0 Å². The molecule has 2 aliphatic carbocycles. The molecule has 0 amide bonds. The van der Waals surface area contributed by atoms with Crippen LogP contribution in [-0.4, -0.2) is 23.8 Å². The van der Waals surface area contributed by atoms with Crippen molar-refractivity contribution in [1.29, 1.82) is 0 Å². The van der Waals surface area contributed by atoms with Gasteiger partial charge in [-0.3, -0.25) is 4.79 Å². The Balaban J connectivity index is 2.03. The van der Waals surface area contributed by atoms with E-state index in [0.29, 0.717) is 12.5 Å². The number of aliphatic hydroxyl groups is 1. The Morgan fingerprint density at radius 1 is 1.44 bits per heavy atom. The molecule has 16 heavy (non-hydrogen) atoms. The maximum atomic E-state index is 11.9. The first kappa shape index (κ1) is 10.6. The summed E-state index contributed by atoms with van der Waals surface area (Å²) in [4.78, 5) is 11.9. The molecular weight excluding hydrogens is 204 g/mol. The minimum atomic E-state index is -0.268. The molecule has 0 radical (unpaired) electrons. The summed E-state index contributed by atoms with van der Waals surface area (Å²) < 4.78 is 5.25. The van der Waals surface area contributed by atoms with Gasteiger partial charge in [-0.05, 0) is 30.6 Å². The number of ether oxygens (including phenoxy) is 1. The molecule has 3 heteroatoms. The van der Waals surface area contributed by atoms with Crippen LogP contribution in [0.2, 0.25) is 0 Å². The number of aliphatic hydroxyl groups excluding tert-OH is 1. The number of cyclic esters (lactones) is 1. The van der Waals surface area contributed by atoms with Gasteiger partial charge < -0.3 is 9.84 Å². The second-order valence-electron chi connectivity index (χ2n) is 6.46. The van der Waals surface area contributed by atoms with Gasteiger partial charge in [-0.25, -0.2) is 0 Å². The van der Waals surface area contributed by atoms with Crippen molar-refractivity contribution in [3.05, 3.63) is 0 Å². The molecule has 1 N–H and O–H groups in total. The molecule has 0 unspecified atom stereocenters. The molecule has 0 aromatic rings. The lowest BCUT2D eigenvalue weighted by atomic mass is 9.54. The highest BCUT2D eigenvalue weighted by Gasteiger charge is 2.63. The Kier molecular flexibility index (Phi) is 1.99. The standard InChI is InChI=1S/C13H20O3/c1-12-6-9(14)13(2)5-3-4-8(13)10(12)11(15)16-7-12/h8-10,14H,3-7H2,1-2H3/t8-,9-,10-,12-,13-/m0/s1. The molecule has 3 nitrogen and oxygen atoms in total. The van der Waals surface area contributed by atoms with E-state index < -0.39 is 0 Å². The highest BCUT2D eigenvalue weighted by molar-refractivity contribution is 5.76. The van der Waals surface area contributed by atoms with Crippen LogP contribution in [0.15, 0.2) is 0 Å². The number of esters is 1. The minimum Gasteiger partial charge on any atom is -0.465 e. The van der Waals surface area contributed by atoms with Crippen LogP contribution >= 0.6 is 0 Å². The van der Waals surface area contributed by atoms with E-state index in [1.165, 1.54) is 0 Å². The second kappa shape index (κ2) is 3.00. The number of rotatable bonds is 0. The van der Waals surface area contributed by atoms with E-state index in [4.69, 9.17) is 4.74 Å². The van der Waals surface area contributed by atoms with E-state index in [9.17, 15) is 9.90 Å². The summed E-state index contributed by atoms with van der Waals surface area (Å²) in [6.07, 6.45) is 3.71. The van der Waals surface area contributed by atoms with Crippen molar-refractivity contribution in [2.24, 2.45) is 22.7 Å². The largest absolute Gasteiger partial charge is 0.465 e. The van der Waals surface area contributed by atoms with Crippen molar-refractivity contribution in [1.82, 2.24) is 0 Å². The van der Waals surface area contributed by atoms with Crippen LogP contribution in [0.4, 0.5) is 0 Å². The predicted molar refractivity (Wildman–Crippen MR) is 58.6 cm³/mol. The third-order valence-electron chi connectivity index (χ3n) is 5.45. The molecule has 1 heterocycles. The quantitative estimate of drug-likeness (QED) is 0.637. The van der Waals surface area contributed by atoms with Gasteiger partial charge in [-0.15, -0.1) is 0 Å². The molecule has 90 valence electrons. The predicted octanol–water partition coefficient (Wildman–Crippen LogP) is 1.74. The summed E-state index contributed by atoms with van der Waals surface area (Å²) in [5.41, 5.74) is -0.168. The van der Waals surface area contributed by atoms with E-state index >= 15 is 0 Å². The van der Waals surface area contributed by atoms with Crippen molar-refractivity contribution < 1.29 is 14.6 Å². The number of hydrogen-bond acceptors (Lipinski definition) is 3. The topological polar surface area (TPSA) is 46.5 Å². The molecule has 5 atom stereocenters. The Bertz CT molecular complexity index is 340. The highest BCUT2D eigenvalue weighted by Crippen LogP contribution is 2.61. The lowest BCUT2D eigenvalue weighted by Gasteiger charge is -2.49. The van der Waals surface area contributed by atoms with E-state index in [1.54, 1.807) is 0 Å². The van der Waals surface area contributed by atoms with Gasteiger partial charge in [-0.2, -0.15) is 0 Å². The first-order chi connectivity index (χ1) is 7.47. The molecule has 0 aromatic carbocycles. The van der Waals surface area contributed by atoms with Crippen molar-refractivity contribution in [3.8, 4) is 0 Å². The lowest BCUT2D eigenvalue weighted by Crippen LogP contribution is -2.52. The average Bonchev–Trinajstić information content (AvgIpc) is 2.70. The Labute approximate surface area is 96.2 Å². The van der Waals surface area contributed by atoms with Crippen LogP contribution in [0, 0.1) is 22.7 Å². The summed E-state index contributed by atoms with van der Waals surface area (Å²) in [6.45, 7) is 4.75. The lowest BCUT2D eigenvalue weighted by molar-refractivity contribution is -0.149. The number of carbonyl (C=O) groups is 1. The summed E-state index contributed by atoms with van der Waals surface area (Å²) in [5.74, 6) is 0.340. The van der Waals surface area contributed by atoms with Gasteiger partial charge in [-0.1, -0.05) is 20.3 Å². The van der Waals surface area contributed by atoms with E-state index in [-0.39, 0.29) is 28.8 Å². The van der Waals surface area contributed by atoms with Crippen LogP contribution in [-0.2, 0) is 9.53 Å². The molecular formula is C13H20O3. The third-order valence-corrected chi connectivity index (χ3v) is 5.45. The normalized spacial score (nSPS) is 55.7. The second-order valence-corrected chi connectivity index (χ2v) is 6.46. The van der Waals surface area contributed by atoms with E-state index in [0.717, 1.165) is 25.7 Å². The Morgan fingerprint density at radius 3 is 2.94 bits per heavy atom. The van der Waals surface area contributed by atoms with Gasteiger partial charge in [0, 0.05) is 5.41 Å².